The number of halogens is 7. The number of rotatable bonds is 12. The van der Waals surface area contributed by atoms with Gasteiger partial charge in [-0.1, -0.05) is 28.6 Å². The highest BCUT2D eigenvalue weighted by molar-refractivity contribution is 14.1. The number of nitrogens with one attached hydrogen (secondary N) is 2. The molecule has 1 aromatic carbocycles. The minimum atomic E-state index is -4.55. The minimum Gasteiger partial charge on any atom is -0.347 e. The Morgan fingerprint density at radius 2 is 1.53 bits per heavy atom. The molecule has 4 rings (SSSR count). The molecular formula is C25H22F6IN9O2. The van der Waals surface area contributed by atoms with Crippen LogP contribution in [0.4, 0.5) is 26.3 Å². The van der Waals surface area contributed by atoms with Gasteiger partial charge in [-0.3, -0.25) is 19.3 Å². The highest BCUT2D eigenvalue weighted by atomic mass is 127. The molecule has 0 radical (unpaired) electrons. The Bertz CT molecular complexity index is 1570. The van der Waals surface area contributed by atoms with E-state index < -0.39 is 33.7 Å². The lowest BCUT2D eigenvalue weighted by atomic mass is 10.1. The molecule has 3 heterocycles. The standard InChI is InChI=1S/C25H22F6IN9O2/c26-18(12-41-14-21(37-39-41)23(43)35-11-19-9-16(4-6-33-19)24(27,28)29)5-7-40-13-20(36-38-40)22(42)34-10-15-2-1-3-17(8-15)25(30,31)32/h1-4,6,8-9,13-14,18H,5,7,10-12H2,(H,34,42)(H,35,43). The van der Waals surface area contributed by atoms with E-state index in [1.807, 2.05) is 0 Å². The van der Waals surface area contributed by atoms with E-state index in [2.05, 4.69) is 36.2 Å². The number of aromatic nitrogens is 7. The molecular weight excluding hydrogens is 699 g/mol. The monoisotopic (exact) mass is 721 g/mol. The van der Waals surface area contributed by atoms with Crippen LogP contribution in [0.25, 0.3) is 0 Å². The molecule has 228 valence electrons. The molecule has 0 aliphatic carbocycles. The summed E-state index contributed by atoms with van der Waals surface area (Å²) in [6.07, 6.45) is -2.56. The van der Waals surface area contributed by atoms with Gasteiger partial charge in [-0.05, 0) is 23.8 Å². The van der Waals surface area contributed by atoms with Crippen molar-refractivity contribution in [2.24, 2.45) is 0 Å². The fourth-order valence-corrected chi connectivity index (χ4v) is 4.05. The number of alkyl halides is 7. The summed E-state index contributed by atoms with van der Waals surface area (Å²) < 4.78 is 79.4. The van der Waals surface area contributed by atoms with E-state index in [1.165, 1.54) is 35.3 Å². The van der Waals surface area contributed by atoms with Gasteiger partial charge >= 0.3 is 10.1 Å². The lowest BCUT2D eigenvalue weighted by Gasteiger charge is -2.10. The van der Waals surface area contributed by atoms with Crippen LogP contribution in [0.15, 0.2) is 55.0 Å². The number of benzene rings is 1. The van der Waals surface area contributed by atoms with Gasteiger partial charge in [-0.25, -0.2) is 9.07 Å². The SMILES string of the molecule is O=C(NCc1cccc(C(F)(F)I)c1)c1cn(CCC(F)Cn2cc(C(=O)NCc3cc(C(F)(F)F)ccn3)nn2)nn1. The second kappa shape index (κ2) is 13.5. The Balaban J connectivity index is 1.21. The summed E-state index contributed by atoms with van der Waals surface area (Å²) in [5, 5.41) is 19.9. The van der Waals surface area contributed by atoms with E-state index >= 15 is 0 Å². The summed E-state index contributed by atoms with van der Waals surface area (Å²) in [4.78, 5) is 28.5. The lowest BCUT2D eigenvalue weighted by Crippen LogP contribution is -2.24. The number of aryl methyl sites for hydroxylation is 1. The second-order valence-electron chi connectivity index (χ2n) is 9.18. The van der Waals surface area contributed by atoms with Crippen molar-refractivity contribution in [1.82, 2.24) is 45.6 Å². The fourth-order valence-electron chi connectivity index (χ4n) is 3.71. The van der Waals surface area contributed by atoms with E-state index in [0.717, 1.165) is 45.6 Å². The Morgan fingerprint density at radius 3 is 2.21 bits per heavy atom. The molecule has 11 nitrogen and oxygen atoms in total. The number of carbonyl (C=O) groups is 2. The molecule has 1 unspecified atom stereocenters. The third-order valence-electron chi connectivity index (χ3n) is 5.88. The van der Waals surface area contributed by atoms with Crippen molar-refractivity contribution in [1.29, 1.82) is 0 Å². The van der Waals surface area contributed by atoms with Crippen LogP contribution < -0.4 is 10.6 Å². The zero-order valence-electron chi connectivity index (χ0n) is 21.9. The maximum absolute atomic E-state index is 14.6. The Hall–Kier alpha value is -4.10. The van der Waals surface area contributed by atoms with Crippen molar-refractivity contribution in [2.75, 3.05) is 0 Å². The number of hydrogen-bond donors (Lipinski definition) is 2. The van der Waals surface area contributed by atoms with Crippen molar-refractivity contribution in [3.05, 3.63) is 88.8 Å². The van der Waals surface area contributed by atoms with Crippen molar-refractivity contribution >= 4 is 34.4 Å². The van der Waals surface area contributed by atoms with Crippen LogP contribution in [0.2, 0.25) is 0 Å². The smallest absolute Gasteiger partial charge is 0.347 e. The highest BCUT2D eigenvalue weighted by Crippen LogP contribution is 2.35. The van der Waals surface area contributed by atoms with E-state index in [1.54, 1.807) is 6.07 Å². The van der Waals surface area contributed by atoms with Gasteiger partial charge < -0.3 is 10.6 Å². The van der Waals surface area contributed by atoms with Gasteiger partial charge in [0.2, 0.25) is 0 Å². The molecule has 3 aromatic heterocycles. The van der Waals surface area contributed by atoms with E-state index in [-0.39, 0.29) is 55.2 Å². The Kier molecular flexibility index (Phi) is 9.97. The van der Waals surface area contributed by atoms with Gasteiger partial charge in [0.1, 0.15) is 6.17 Å². The van der Waals surface area contributed by atoms with Crippen LogP contribution in [0, 0.1) is 0 Å². The number of pyridine rings is 1. The first kappa shape index (κ1) is 31.8. The molecule has 0 aliphatic heterocycles. The zero-order valence-corrected chi connectivity index (χ0v) is 24.1. The summed E-state index contributed by atoms with van der Waals surface area (Å²) in [6.45, 7) is -0.504. The van der Waals surface area contributed by atoms with Crippen LogP contribution in [-0.4, -0.2) is 53.0 Å². The molecule has 0 saturated carbocycles. The van der Waals surface area contributed by atoms with E-state index in [4.69, 9.17) is 0 Å². The van der Waals surface area contributed by atoms with Gasteiger partial charge in [-0.2, -0.15) is 22.0 Å². The fraction of sp³-hybridized carbons (Fsp3) is 0.320. The molecule has 0 bridgehead atoms. The molecule has 43 heavy (non-hydrogen) atoms. The van der Waals surface area contributed by atoms with Crippen LogP contribution in [0.1, 0.15) is 49.8 Å². The van der Waals surface area contributed by atoms with Gasteiger partial charge in [0.15, 0.2) is 11.4 Å². The molecule has 2 amide bonds. The molecule has 0 aliphatic rings. The second-order valence-corrected chi connectivity index (χ2v) is 10.5. The lowest BCUT2D eigenvalue weighted by molar-refractivity contribution is -0.137. The third-order valence-corrected chi connectivity index (χ3v) is 6.50. The average molecular weight is 721 g/mol. The number of carbonyl (C=O) groups excluding carboxylic acids is 2. The van der Waals surface area contributed by atoms with Crippen LogP contribution in [-0.2, 0) is 36.3 Å². The molecule has 18 heteroatoms. The molecule has 2 N–H and O–H groups in total. The summed E-state index contributed by atoms with van der Waals surface area (Å²) in [7, 11) is 0. The van der Waals surface area contributed by atoms with Gasteiger partial charge in [0, 0.05) is 53.9 Å². The van der Waals surface area contributed by atoms with E-state index in [0.29, 0.717) is 5.56 Å². The van der Waals surface area contributed by atoms with Crippen molar-refractivity contribution in [2.45, 2.75) is 48.9 Å². The summed E-state index contributed by atoms with van der Waals surface area (Å²) in [5.74, 6) is -1.32. The maximum Gasteiger partial charge on any atom is 0.416 e. The molecule has 0 fully saturated rings. The normalized spacial score (nSPS) is 12.6. The number of amides is 2. The summed E-state index contributed by atoms with van der Waals surface area (Å²) >= 11 is 1.02. The van der Waals surface area contributed by atoms with Crippen molar-refractivity contribution in [3.8, 4) is 0 Å². The first-order chi connectivity index (χ1) is 20.3. The zero-order chi connectivity index (χ0) is 31.2. The van der Waals surface area contributed by atoms with Gasteiger partial charge in [0.05, 0.1) is 36.7 Å². The summed E-state index contributed by atoms with van der Waals surface area (Å²) in [6, 6.07) is 7.25. The van der Waals surface area contributed by atoms with Crippen molar-refractivity contribution < 1.29 is 35.9 Å². The highest BCUT2D eigenvalue weighted by Gasteiger charge is 2.30. The largest absolute Gasteiger partial charge is 0.416 e. The molecule has 0 saturated heterocycles. The quantitative estimate of drug-likeness (QED) is 0.128. The predicted octanol–water partition coefficient (Wildman–Crippen LogP) is 4.06. The van der Waals surface area contributed by atoms with Crippen LogP contribution in [0.3, 0.4) is 0 Å². The number of nitrogens with zero attached hydrogens (tertiary/aromatic N) is 7. The van der Waals surface area contributed by atoms with Crippen LogP contribution >= 0.6 is 22.6 Å². The Morgan fingerprint density at radius 1 is 0.884 bits per heavy atom. The molecule has 0 spiro atoms. The van der Waals surface area contributed by atoms with Gasteiger partial charge in [-0.15, -0.1) is 10.2 Å². The van der Waals surface area contributed by atoms with Crippen LogP contribution in [0.5, 0.6) is 0 Å². The first-order valence-electron chi connectivity index (χ1n) is 12.5. The van der Waals surface area contributed by atoms with Crippen molar-refractivity contribution in [3.63, 3.8) is 0 Å². The third kappa shape index (κ3) is 9.19. The molecule has 1 atom stereocenters. The maximum atomic E-state index is 14.6. The minimum absolute atomic E-state index is 0.0121. The van der Waals surface area contributed by atoms with E-state index in [9.17, 15) is 35.9 Å². The van der Waals surface area contributed by atoms with Gasteiger partial charge in [0.25, 0.3) is 11.8 Å². The summed E-state index contributed by atoms with van der Waals surface area (Å²) in [5.41, 5.74) is -0.845. The molecule has 4 aromatic rings. The first-order valence-corrected chi connectivity index (χ1v) is 13.5. The number of hydrogen-bond acceptors (Lipinski definition) is 7. The average Bonchev–Trinajstić information content (AvgIpc) is 3.63. The Labute approximate surface area is 253 Å². The predicted molar refractivity (Wildman–Crippen MR) is 145 cm³/mol. The topological polar surface area (TPSA) is 133 Å².